The standard InChI is InChI=1S/C19H20N4O3/c1-2-26-13-18(24)21-11-17-15-7-3-4-8-16(15)19(25)23(22-17)12-14-6-5-9-20-10-14/h3-10H,2,11-13H2,1H3,(H,21,24). The minimum Gasteiger partial charge on any atom is -0.372 e. The van der Waals surface area contributed by atoms with Crippen molar-refractivity contribution in [3.8, 4) is 0 Å². The largest absolute Gasteiger partial charge is 0.372 e. The van der Waals surface area contributed by atoms with Crippen LogP contribution in [0.3, 0.4) is 0 Å². The van der Waals surface area contributed by atoms with E-state index in [0.29, 0.717) is 24.2 Å². The van der Waals surface area contributed by atoms with Gasteiger partial charge >= 0.3 is 0 Å². The van der Waals surface area contributed by atoms with Crippen LogP contribution >= 0.6 is 0 Å². The third-order valence-corrected chi connectivity index (χ3v) is 3.89. The monoisotopic (exact) mass is 352 g/mol. The topological polar surface area (TPSA) is 86.1 Å². The Kier molecular flexibility index (Phi) is 5.70. The SMILES string of the molecule is CCOCC(=O)NCc1nn(Cc2cccnc2)c(=O)c2ccccc12. The molecule has 0 aliphatic rings. The van der Waals surface area contributed by atoms with E-state index < -0.39 is 0 Å². The van der Waals surface area contributed by atoms with Gasteiger partial charge in [-0.3, -0.25) is 14.6 Å². The third-order valence-electron chi connectivity index (χ3n) is 3.89. The molecule has 2 aromatic heterocycles. The molecule has 0 atom stereocenters. The molecule has 2 heterocycles. The van der Waals surface area contributed by atoms with E-state index in [0.717, 1.165) is 10.9 Å². The molecule has 7 heteroatoms. The zero-order chi connectivity index (χ0) is 18.4. The Morgan fingerprint density at radius 1 is 1.19 bits per heavy atom. The summed E-state index contributed by atoms with van der Waals surface area (Å²) in [5.41, 5.74) is 1.34. The van der Waals surface area contributed by atoms with Gasteiger partial charge in [-0.25, -0.2) is 4.68 Å². The minimum absolute atomic E-state index is 0.00373. The van der Waals surface area contributed by atoms with Gasteiger partial charge in [0.05, 0.1) is 24.2 Å². The van der Waals surface area contributed by atoms with E-state index in [1.54, 1.807) is 18.5 Å². The van der Waals surface area contributed by atoms with E-state index in [1.807, 2.05) is 37.3 Å². The van der Waals surface area contributed by atoms with Crippen LogP contribution in [0.15, 0.2) is 53.6 Å². The number of benzene rings is 1. The highest BCUT2D eigenvalue weighted by Gasteiger charge is 2.12. The van der Waals surface area contributed by atoms with Crippen LogP contribution in [0.1, 0.15) is 18.2 Å². The molecule has 0 bridgehead atoms. The van der Waals surface area contributed by atoms with Gasteiger partial charge < -0.3 is 10.1 Å². The lowest BCUT2D eigenvalue weighted by Gasteiger charge is -2.12. The molecule has 0 aliphatic carbocycles. The van der Waals surface area contributed by atoms with Crippen molar-refractivity contribution in [2.24, 2.45) is 0 Å². The number of nitrogens with zero attached hydrogens (tertiary/aromatic N) is 3. The summed E-state index contributed by atoms with van der Waals surface area (Å²) in [5.74, 6) is -0.220. The van der Waals surface area contributed by atoms with Crippen LogP contribution in [-0.4, -0.2) is 33.9 Å². The molecule has 0 radical (unpaired) electrons. The quantitative estimate of drug-likeness (QED) is 0.696. The Balaban J connectivity index is 1.92. The first-order chi connectivity index (χ1) is 12.7. The second kappa shape index (κ2) is 8.35. The number of ether oxygens (including phenoxy) is 1. The fraction of sp³-hybridized carbons (Fsp3) is 0.263. The predicted octanol–water partition coefficient (Wildman–Crippen LogP) is 1.49. The molecule has 1 amide bonds. The number of aromatic nitrogens is 3. The average molecular weight is 352 g/mol. The normalized spacial score (nSPS) is 10.8. The van der Waals surface area contributed by atoms with Crippen LogP contribution in [0.2, 0.25) is 0 Å². The molecule has 3 aromatic rings. The smallest absolute Gasteiger partial charge is 0.274 e. The third kappa shape index (κ3) is 4.12. The number of carbonyl (C=O) groups excluding carboxylic acids is 1. The van der Waals surface area contributed by atoms with E-state index in [1.165, 1.54) is 4.68 Å². The number of hydrogen-bond donors (Lipinski definition) is 1. The molecule has 0 fully saturated rings. The van der Waals surface area contributed by atoms with Crippen molar-refractivity contribution in [2.45, 2.75) is 20.0 Å². The molecule has 0 aliphatic heterocycles. The summed E-state index contributed by atoms with van der Waals surface area (Å²) < 4.78 is 6.50. The van der Waals surface area contributed by atoms with Crippen LogP contribution in [0.5, 0.6) is 0 Å². The van der Waals surface area contributed by atoms with Crippen molar-refractivity contribution in [1.29, 1.82) is 0 Å². The van der Waals surface area contributed by atoms with Crippen LogP contribution in [0, 0.1) is 0 Å². The molecular formula is C19H20N4O3. The number of hydrogen-bond acceptors (Lipinski definition) is 5. The highest BCUT2D eigenvalue weighted by atomic mass is 16.5. The zero-order valence-corrected chi connectivity index (χ0v) is 14.5. The van der Waals surface area contributed by atoms with Gasteiger partial charge in [-0.1, -0.05) is 24.3 Å². The van der Waals surface area contributed by atoms with Crippen molar-refractivity contribution < 1.29 is 9.53 Å². The summed E-state index contributed by atoms with van der Waals surface area (Å²) >= 11 is 0. The lowest BCUT2D eigenvalue weighted by atomic mass is 10.1. The first kappa shape index (κ1) is 17.8. The second-order valence-electron chi connectivity index (χ2n) is 5.73. The Labute approximate surface area is 150 Å². The molecule has 0 unspecified atom stereocenters. The summed E-state index contributed by atoms with van der Waals surface area (Å²) in [7, 11) is 0. The maximum Gasteiger partial charge on any atom is 0.274 e. The van der Waals surface area contributed by atoms with Crippen molar-refractivity contribution >= 4 is 16.7 Å². The van der Waals surface area contributed by atoms with Gasteiger partial charge in [0, 0.05) is 24.4 Å². The number of amides is 1. The Hall–Kier alpha value is -3.06. The fourth-order valence-corrected chi connectivity index (χ4v) is 2.64. The van der Waals surface area contributed by atoms with Crippen LogP contribution < -0.4 is 10.9 Å². The van der Waals surface area contributed by atoms with Gasteiger partial charge in [0.25, 0.3) is 5.56 Å². The summed E-state index contributed by atoms with van der Waals surface area (Å²) in [6.45, 7) is 2.85. The second-order valence-corrected chi connectivity index (χ2v) is 5.73. The number of pyridine rings is 1. The molecule has 0 spiro atoms. The minimum atomic E-state index is -0.220. The molecule has 134 valence electrons. The van der Waals surface area contributed by atoms with Crippen molar-refractivity contribution in [2.75, 3.05) is 13.2 Å². The van der Waals surface area contributed by atoms with E-state index in [9.17, 15) is 9.59 Å². The predicted molar refractivity (Wildman–Crippen MR) is 97.7 cm³/mol. The lowest BCUT2D eigenvalue weighted by Crippen LogP contribution is -2.30. The Bertz CT molecular complexity index is 954. The van der Waals surface area contributed by atoms with E-state index in [-0.39, 0.29) is 24.6 Å². The molecule has 0 saturated carbocycles. The van der Waals surface area contributed by atoms with Gasteiger partial charge in [-0.15, -0.1) is 0 Å². The summed E-state index contributed by atoms with van der Waals surface area (Å²) in [6.07, 6.45) is 3.38. The Morgan fingerprint density at radius 2 is 2.00 bits per heavy atom. The molecule has 0 saturated heterocycles. The van der Waals surface area contributed by atoms with Gasteiger partial charge in [-0.2, -0.15) is 5.10 Å². The first-order valence-corrected chi connectivity index (χ1v) is 8.41. The summed E-state index contributed by atoms with van der Waals surface area (Å²) in [5, 5.41) is 8.55. The van der Waals surface area contributed by atoms with Gasteiger partial charge in [0.15, 0.2) is 0 Å². The number of nitrogens with one attached hydrogen (secondary N) is 1. The van der Waals surface area contributed by atoms with Crippen LogP contribution in [0.4, 0.5) is 0 Å². The maximum atomic E-state index is 12.7. The number of carbonyl (C=O) groups is 1. The highest BCUT2D eigenvalue weighted by molar-refractivity contribution is 5.84. The molecule has 1 N–H and O–H groups in total. The van der Waals surface area contributed by atoms with Crippen LogP contribution in [-0.2, 0) is 22.6 Å². The van der Waals surface area contributed by atoms with E-state index in [4.69, 9.17) is 4.74 Å². The van der Waals surface area contributed by atoms with Crippen LogP contribution in [0.25, 0.3) is 10.8 Å². The highest BCUT2D eigenvalue weighted by Crippen LogP contribution is 2.13. The van der Waals surface area contributed by atoms with E-state index in [2.05, 4.69) is 15.4 Å². The van der Waals surface area contributed by atoms with Gasteiger partial charge in [0.1, 0.15) is 6.61 Å². The molecule has 3 rings (SSSR count). The zero-order valence-electron chi connectivity index (χ0n) is 14.5. The fourth-order valence-electron chi connectivity index (χ4n) is 2.64. The van der Waals surface area contributed by atoms with Crippen molar-refractivity contribution in [1.82, 2.24) is 20.1 Å². The molecular weight excluding hydrogens is 332 g/mol. The summed E-state index contributed by atoms with van der Waals surface area (Å²) in [6, 6.07) is 11.0. The molecule has 7 nitrogen and oxygen atoms in total. The van der Waals surface area contributed by atoms with Gasteiger partial charge in [-0.05, 0) is 24.6 Å². The van der Waals surface area contributed by atoms with Gasteiger partial charge in [0.2, 0.25) is 5.91 Å². The molecule has 1 aromatic carbocycles. The number of rotatable bonds is 7. The van der Waals surface area contributed by atoms with Crippen molar-refractivity contribution in [3.63, 3.8) is 0 Å². The first-order valence-electron chi connectivity index (χ1n) is 8.41. The van der Waals surface area contributed by atoms with Crippen molar-refractivity contribution in [3.05, 3.63) is 70.4 Å². The van der Waals surface area contributed by atoms with E-state index >= 15 is 0 Å². The lowest BCUT2D eigenvalue weighted by molar-refractivity contribution is -0.125. The summed E-state index contributed by atoms with van der Waals surface area (Å²) in [4.78, 5) is 28.6. The Morgan fingerprint density at radius 3 is 2.73 bits per heavy atom. The average Bonchev–Trinajstić information content (AvgIpc) is 2.68. The number of fused-ring (bicyclic) bond motifs is 1. The molecule has 26 heavy (non-hydrogen) atoms. The maximum absolute atomic E-state index is 12.7.